The molecule has 3 heterocycles. The lowest BCUT2D eigenvalue weighted by atomic mass is 10.3. The Balaban J connectivity index is 1.37. The van der Waals surface area contributed by atoms with Gasteiger partial charge in [0.25, 0.3) is 0 Å². The number of thiazole rings is 2. The van der Waals surface area contributed by atoms with Gasteiger partial charge in [-0.1, -0.05) is 34.8 Å². The van der Waals surface area contributed by atoms with Gasteiger partial charge in [-0.05, 0) is 24.3 Å². The van der Waals surface area contributed by atoms with Crippen LogP contribution < -0.4 is 14.5 Å². The van der Waals surface area contributed by atoms with E-state index in [1.807, 2.05) is 18.2 Å². The third-order valence-corrected chi connectivity index (χ3v) is 8.47. The number of anilines is 2. The molecule has 10 heteroatoms. The fourth-order valence-electron chi connectivity index (χ4n) is 3.65. The van der Waals surface area contributed by atoms with Crippen molar-refractivity contribution >= 4 is 63.2 Å². The van der Waals surface area contributed by atoms with Crippen molar-refractivity contribution in [1.82, 2.24) is 9.97 Å². The smallest absolute Gasteiger partial charge is 0.186 e. The summed E-state index contributed by atoms with van der Waals surface area (Å²) in [5.74, 6) is 0.796. The van der Waals surface area contributed by atoms with E-state index in [1.54, 1.807) is 41.9 Å². The maximum absolute atomic E-state index is 12.1. The molecule has 0 unspecified atom stereocenters. The maximum Gasteiger partial charge on any atom is 0.186 e. The topological polar surface area (TPSA) is 75.6 Å². The maximum atomic E-state index is 12.1. The molecule has 0 atom stereocenters. The van der Waals surface area contributed by atoms with Crippen molar-refractivity contribution < 1.29 is 13.2 Å². The van der Waals surface area contributed by atoms with E-state index >= 15 is 0 Å². The molecule has 2 aromatic carbocycles. The number of methoxy groups -OCH3 is 1. The van der Waals surface area contributed by atoms with Crippen LogP contribution in [0.5, 0.6) is 5.75 Å². The fraction of sp³-hybridized carbons (Fsp3) is 0.300. The zero-order valence-corrected chi connectivity index (χ0v) is 19.0. The van der Waals surface area contributed by atoms with Gasteiger partial charge in [0.2, 0.25) is 0 Å². The molecule has 2 aromatic heterocycles. The number of sulfone groups is 1. The van der Waals surface area contributed by atoms with E-state index in [2.05, 4.69) is 20.9 Å². The predicted molar refractivity (Wildman–Crippen MR) is 123 cm³/mol. The Bertz CT molecular complexity index is 1340. The summed E-state index contributed by atoms with van der Waals surface area (Å²) in [7, 11) is -1.64. The van der Waals surface area contributed by atoms with Gasteiger partial charge < -0.3 is 14.5 Å². The molecule has 0 bridgehead atoms. The summed E-state index contributed by atoms with van der Waals surface area (Å²) in [5, 5.41) is 1.87. The number of hydrogen-bond acceptors (Lipinski definition) is 9. The van der Waals surface area contributed by atoms with Crippen LogP contribution in [0.15, 0.2) is 41.3 Å². The normalized spacial score (nSPS) is 15.3. The van der Waals surface area contributed by atoms with Gasteiger partial charge >= 0.3 is 0 Å². The van der Waals surface area contributed by atoms with E-state index in [0.29, 0.717) is 10.4 Å². The number of rotatable bonds is 4. The molecule has 1 fully saturated rings. The molecule has 156 valence electrons. The first-order chi connectivity index (χ1) is 14.4. The highest BCUT2D eigenvalue weighted by atomic mass is 32.2. The van der Waals surface area contributed by atoms with E-state index < -0.39 is 9.84 Å². The van der Waals surface area contributed by atoms with Gasteiger partial charge in [-0.2, -0.15) is 0 Å². The second kappa shape index (κ2) is 7.36. The first-order valence-corrected chi connectivity index (χ1v) is 13.0. The third-order valence-electron chi connectivity index (χ3n) is 5.18. The molecule has 7 nitrogen and oxygen atoms in total. The number of nitrogens with zero attached hydrogens (tertiary/aromatic N) is 4. The van der Waals surface area contributed by atoms with Crippen molar-refractivity contribution in [2.45, 2.75) is 4.90 Å². The van der Waals surface area contributed by atoms with Crippen LogP contribution in [0.4, 0.5) is 10.3 Å². The molecule has 4 aromatic rings. The Labute approximate surface area is 182 Å². The van der Waals surface area contributed by atoms with Crippen LogP contribution in [0.1, 0.15) is 0 Å². The average molecular weight is 461 g/mol. The Hall–Kier alpha value is -2.43. The lowest BCUT2D eigenvalue weighted by Crippen LogP contribution is -2.46. The number of para-hydroxylation sites is 2. The zero-order valence-electron chi connectivity index (χ0n) is 16.5. The molecule has 0 spiro atoms. The minimum atomic E-state index is -3.31. The summed E-state index contributed by atoms with van der Waals surface area (Å²) >= 11 is 3.22. The third kappa shape index (κ3) is 3.38. The van der Waals surface area contributed by atoms with Gasteiger partial charge in [-0.3, -0.25) is 0 Å². The van der Waals surface area contributed by atoms with E-state index in [4.69, 9.17) is 9.72 Å². The first kappa shape index (κ1) is 19.5. The van der Waals surface area contributed by atoms with Gasteiger partial charge in [0.05, 0.1) is 21.4 Å². The first-order valence-electron chi connectivity index (χ1n) is 9.47. The monoisotopic (exact) mass is 460 g/mol. The van der Waals surface area contributed by atoms with Crippen LogP contribution in [-0.4, -0.2) is 57.9 Å². The SMILES string of the molecule is COc1cccc2sc(N3CCN(c4nc5c(S(C)(=O)=O)cccc5s4)CC3)nc12. The Morgan fingerprint density at radius 3 is 1.97 bits per heavy atom. The molecule has 1 aliphatic rings. The van der Waals surface area contributed by atoms with Crippen molar-refractivity contribution in [3.63, 3.8) is 0 Å². The molecule has 0 radical (unpaired) electrons. The summed E-state index contributed by atoms with van der Waals surface area (Å²) in [6.45, 7) is 3.27. The van der Waals surface area contributed by atoms with Crippen molar-refractivity contribution in [1.29, 1.82) is 0 Å². The van der Waals surface area contributed by atoms with Crippen LogP contribution in [-0.2, 0) is 9.84 Å². The number of ether oxygens (including phenoxy) is 1. The number of fused-ring (bicyclic) bond motifs is 2. The van der Waals surface area contributed by atoms with Gasteiger partial charge in [-0.25, -0.2) is 18.4 Å². The summed E-state index contributed by atoms with van der Waals surface area (Å²) in [6.07, 6.45) is 1.23. The van der Waals surface area contributed by atoms with E-state index in [1.165, 1.54) is 6.26 Å². The molecular formula is C20H20N4O3S3. The Kier molecular flexibility index (Phi) is 4.79. The van der Waals surface area contributed by atoms with Crippen LogP contribution >= 0.6 is 22.7 Å². The highest BCUT2D eigenvalue weighted by Crippen LogP contribution is 2.36. The van der Waals surface area contributed by atoms with E-state index in [0.717, 1.165) is 57.1 Å². The summed E-state index contributed by atoms with van der Waals surface area (Å²) in [6, 6.07) is 11.3. The fourth-order valence-corrected chi connectivity index (χ4v) is 6.62. The molecule has 0 aliphatic carbocycles. The quantitative estimate of drug-likeness (QED) is 0.460. The lowest BCUT2D eigenvalue weighted by molar-refractivity contribution is 0.419. The number of benzene rings is 2. The van der Waals surface area contributed by atoms with Gasteiger partial charge in [0.15, 0.2) is 20.1 Å². The Morgan fingerprint density at radius 1 is 0.867 bits per heavy atom. The second-order valence-electron chi connectivity index (χ2n) is 7.15. The van der Waals surface area contributed by atoms with E-state index in [-0.39, 0.29) is 0 Å². The summed E-state index contributed by atoms with van der Waals surface area (Å²) in [4.78, 5) is 14.3. The highest BCUT2D eigenvalue weighted by molar-refractivity contribution is 7.91. The van der Waals surface area contributed by atoms with Crippen LogP contribution in [0.2, 0.25) is 0 Å². The van der Waals surface area contributed by atoms with Gasteiger partial charge in [-0.15, -0.1) is 0 Å². The molecule has 0 N–H and O–H groups in total. The standard InChI is InChI=1S/C20H20N4O3S3/c1-27-13-5-3-6-14-17(13)21-19(28-14)23-9-11-24(12-10-23)20-22-18-15(29-20)7-4-8-16(18)30(2,25)26/h3-8H,9-12H2,1-2H3. The molecule has 30 heavy (non-hydrogen) atoms. The summed E-state index contributed by atoms with van der Waals surface area (Å²) < 4.78 is 31.6. The van der Waals surface area contributed by atoms with Crippen molar-refractivity contribution in [2.75, 3.05) is 49.3 Å². The van der Waals surface area contributed by atoms with Crippen LogP contribution in [0, 0.1) is 0 Å². The molecule has 1 aliphatic heterocycles. The number of piperazine rings is 1. The number of aromatic nitrogens is 2. The van der Waals surface area contributed by atoms with Crippen molar-refractivity contribution in [3.05, 3.63) is 36.4 Å². The second-order valence-corrected chi connectivity index (χ2v) is 11.2. The molecule has 1 saturated heterocycles. The van der Waals surface area contributed by atoms with Crippen LogP contribution in [0.25, 0.3) is 20.4 Å². The largest absolute Gasteiger partial charge is 0.494 e. The summed E-state index contributed by atoms with van der Waals surface area (Å²) in [5.41, 5.74) is 1.47. The van der Waals surface area contributed by atoms with Crippen LogP contribution in [0.3, 0.4) is 0 Å². The van der Waals surface area contributed by atoms with Gasteiger partial charge in [0.1, 0.15) is 16.8 Å². The highest BCUT2D eigenvalue weighted by Gasteiger charge is 2.24. The van der Waals surface area contributed by atoms with Crippen molar-refractivity contribution in [2.24, 2.45) is 0 Å². The molecule has 5 rings (SSSR count). The minimum absolute atomic E-state index is 0.296. The van der Waals surface area contributed by atoms with E-state index in [9.17, 15) is 8.42 Å². The zero-order chi connectivity index (χ0) is 20.9. The van der Waals surface area contributed by atoms with Crippen molar-refractivity contribution in [3.8, 4) is 5.75 Å². The molecule has 0 amide bonds. The van der Waals surface area contributed by atoms with Gasteiger partial charge in [0, 0.05) is 32.4 Å². The predicted octanol–water partition coefficient (Wildman–Crippen LogP) is 3.64. The Morgan fingerprint density at radius 2 is 1.40 bits per heavy atom. The lowest BCUT2D eigenvalue weighted by Gasteiger charge is -2.34. The molecular weight excluding hydrogens is 440 g/mol. The minimum Gasteiger partial charge on any atom is -0.494 e. The number of hydrogen-bond donors (Lipinski definition) is 0. The molecule has 0 saturated carbocycles. The average Bonchev–Trinajstić information content (AvgIpc) is 3.37.